The molecule has 0 spiro atoms. The highest BCUT2D eigenvalue weighted by atomic mass is 16.3. The van der Waals surface area contributed by atoms with Crippen molar-refractivity contribution >= 4 is 0 Å². The van der Waals surface area contributed by atoms with E-state index < -0.39 is 5.60 Å². The van der Waals surface area contributed by atoms with Crippen molar-refractivity contribution in [2.75, 3.05) is 6.61 Å². The van der Waals surface area contributed by atoms with Gasteiger partial charge in [0.25, 0.3) is 0 Å². The fourth-order valence-corrected chi connectivity index (χ4v) is 0.347. The molecule has 0 aliphatic rings. The first-order chi connectivity index (χ1) is 5.06. The molecule has 0 atom stereocenters. The molecule has 0 aromatic heterocycles. The predicted octanol–water partition coefficient (Wildman–Crippen LogP) is 0.147. The van der Waals surface area contributed by atoms with Crippen LogP contribution in [0.4, 0.5) is 0 Å². The van der Waals surface area contributed by atoms with E-state index in [4.69, 9.17) is 10.2 Å². The lowest BCUT2D eigenvalue weighted by atomic mass is 10.1. The van der Waals surface area contributed by atoms with Crippen LogP contribution >= 0.6 is 0 Å². The van der Waals surface area contributed by atoms with E-state index in [1.54, 1.807) is 13.8 Å². The van der Waals surface area contributed by atoms with E-state index >= 15 is 0 Å². The van der Waals surface area contributed by atoms with Crippen molar-refractivity contribution < 1.29 is 10.2 Å². The maximum Gasteiger partial charge on any atom is 0.120 e. The van der Waals surface area contributed by atoms with Gasteiger partial charge < -0.3 is 10.2 Å². The second-order valence-corrected chi connectivity index (χ2v) is 2.58. The van der Waals surface area contributed by atoms with Gasteiger partial charge in [0, 0.05) is 6.42 Å². The van der Waals surface area contributed by atoms with Crippen LogP contribution in [-0.2, 0) is 0 Å². The lowest BCUT2D eigenvalue weighted by molar-refractivity contribution is 0.143. The molecule has 2 nitrogen and oxygen atoms in total. The molecular weight excluding hydrogens is 140 g/mol. The maximum absolute atomic E-state index is 9.08. The minimum Gasteiger partial charge on any atom is -0.395 e. The zero-order valence-corrected chi connectivity index (χ0v) is 6.81. The molecule has 2 N–H and O–H groups in total. The first-order valence-electron chi connectivity index (χ1n) is 3.39. The molecule has 0 aromatic carbocycles. The number of aliphatic hydroxyl groups excluding tert-OH is 1. The van der Waals surface area contributed by atoms with Crippen LogP contribution in [0.3, 0.4) is 0 Å². The van der Waals surface area contributed by atoms with Crippen LogP contribution in [0.1, 0.15) is 20.3 Å². The normalized spacial score (nSPS) is 9.09. The van der Waals surface area contributed by atoms with Gasteiger partial charge in [0.15, 0.2) is 0 Å². The average molecular weight is 152 g/mol. The molecule has 0 aliphatic heterocycles. The van der Waals surface area contributed by atoms with E-state index in [9.17, 15) is 0 Å². The van der Waals surface area contributed by atoms with Crippen LogP contribution in [0.5, 0.6) is 0 Å². The molecule has 0 unspecified atom stereocenters. The molecule has 0 radical (unpaired) electrons. The SMILES string of the molecule is CC(C)(O)C#CC#CCCO. The molecule has 2 heteroatoms. The zero-order valence-electron chi connectivity index (χ0n) is 6.81. The van der Waals surface area contributed by atoms with Crippen LogP contribution in [0.25, 0.3) is 0 Å². The van der Waals surface area contributed by atoms with Gasteiger partial charge in [-0.2, -0.15) is 0 Å². The monoisotopic (exact) mass is 152 g/mol. The number of hydrogen-bond donors (Lipinski definition) is 2. The van der Waals surface area contributed by atoms with Gasteiger partial charge in [-0.3, -0.25) is 0 Å². The van der Waals surface area contributed by atoms with Crippen molar-refractivity contribution in [2.24, 2.45) is 0 Å². The van der Waals surface area contributed by atoms with Crippen LogP contribution in [0, 0.1) is 23.7 Å². The van der Waals surface area contributed by atoms with Gasteiger partial charge in [0.2, 0.25) is 0 Å². The molecule has 60 valence electrons. The average Bonchev–Trinajstić information content (AvgIpc) is 1.85. The molecule has 0 amide bonds. The Kier molecular flexibility index (Phi) is 4.38. The van der Waals surface area contributed by atoms with Crippen molar-refractivity contribution in [3.8, 4) is 23.7 Å². The van der Waals surface area contributed by atoms with E-state index in [0.717, 1.165) is 0 Å². The second-order valence-electron chi connectivity index (χ2n) is 2.58. The lowest BCUT2D eigenvalue weighted by Crippen LogP contribution is -2.14. The molecule has 0 heterocycles. The predicted molar refractivity (Wildman–Crippen MR) is 43.6 cm³/mol. The highest BCUT2D eigenvalue weighted by molar-refractivity contribution is 5.28. The van der Waals surface area contributed by atoms with E-state index in [2.05, 4.69) is 23.7 Å². The number of hydrogen-bond acceptors (Lipinski definition) is 2. The van der Waals surface area contributed by atoms with Crippen molar-refractivity contribution in [2.45, 2.75) is 25.9 Å². The lowest BCUT2D eigenvalue weighted by Gasteiger charge is -2.04. The molecule has 0 bridgehead atoms. The highest BCUT2D eigenvalue weighted by Crippen LogP contribution is 1.95. The third-order valence-corrected chi connectivity index (χ3v) is 0.756. The topological polar surface area (TPSA) is 40.5 Å². The highest BCUT2D eigenvalue weighted by Gasteiger charge is 2.04. The Morgan fingerprint density at radius 2 is 1.91 bits per heavy atom. The van der Waals surface area contributed by atoms with E-state index in [1.165, 1.54) is 0 Å². The summed E-state index contributed by atoms with van der Waals surface area (Å²) >= 11 is 0. The fourth-order valence-electron chi connectivity index (χ4n) is 0.347. The molecule has 11 heavy (non-hydrogen) atoms. The Bertz CT molecular complexity index is 214. The zero-order chi connectivity index (χ0) is 8.74. The summed E-state index contributed by atoms with van der Waals surface area (Å²) in [7, 11) is 0. The molecule has 0 aromatic rings. The van der Waals surface area contributed by atoms with Gasteiger partial charge in [0.05, 0.1) is 6.61 Å². The molecule has 0 aliphatic carbocycles. The fraction of sp³-hybridized carbons (Fsp3) is 0.556. The Balaban J connectivity index is 3.84. The molecule has 0 saturated heterocycles. The summed E-state index contributed by atoms with van der Waals surface area (Å²) in [6.45, 7) is 3.23. The van der Waals surface area contributed by atoms with Crippen LogP contribution in [-0.4, -0.2) is 22.4 Å². The van der Waals surface area contributed by atoms with Crippen LogP contribution in [0.2, 0.25) is 0 Å². The van der Waals surface area contributed by atoms with Gasteiger partial charge in [-0.1, -0.05) is 11.8 Å². The Morgan fingerprint density at radius 1 is 1.27 bits per heavy atom. The quantitative estimate of drug-likeness (QED) is 0.525. The first-order valence-corrected chi connectivity index (χ1v) is 3.39. The summed E-state index contributed by atoms with van der Waals surface area (Å²) in [5.41, 5.74) is -0.978. The first kappa shape index (κ1) is 10.0. The minimum atomic E-state index is -0.978. The number of aliphatic hydroxyl groups is 2. The van der Waals surface area contributed by atoms with Gasteiger partial charge >= 0.3 is 0 Å². The summed E-state index contributed by atoms with van der Waals surface area (Å²) in [4.78, 5) is 0. The third kappa shape index (κ3) is 9.04. The third-order valence-electron chi connectivity index (χ3n) is 0.756. The summed E-state index contributed by atoms with van der Waals surface area (Å²) in [5, 5.41) is 17.4. The maximum atomic E-state index is 9.08. The second kappa shape index (κ2) is 4.79. The van der Waals surface area contributed by atoms with Crippen molar-refractivity contribution in [3.05, 3.63) is 0 Å². The Hall–Kier alpha value is -0.960. The van der Waals surface area contributed by atoms with Gasteiger partial charge in [-0.15, -0.1) is 0 Å². The summed E-state index contributed by atoms with van der Waals surface area (Å²) in [6, 6.07) is 0. The van der Waals surface area contributed by atoms with E-state index in [-0.39, 0.29) is 6.61 Å². The summed E-state index contributed by atoms with van der Waals surface area (Å²) in [5.74, 6) is 10.2. The van der Waals surface area contributed by atoms with Crippen molar-refractivity contribution in [3.63, 3.8) is 0 Å². The standard InChI is InChI=1S/C9H12O2/c1-9(2,11)7-5-3-4-6-8-10/h10-11H,6,8H2,1-2H3. The van der Waals surface area contributed by atoms with E-state index in [0.29, 0.717) is 6.42 Å². The smallest absolute Gasteiger partial charge is 0.120 e. The summed E-state index contributed by atoms with van der Waals surface area (Å²) in [6.07, 6.45) is 0.431. The Labute approximate surface area is 67.2 Å². The Morgan fingerprint density at radius 3 is 2.36 bits per heavy atom. The molecular formula is C9H12O2. The van der Waals surface area contributed by atoms with Crippen LogP contribution < -0.4 is 0 Å². The van der Waals surface area contributed by atoms with E-state index in [1.807, 2.05) is 0 Å². The van der Waals surface area contributed by atoms with Crippen molar-refractivity contribution in [1.82, 2.24) is 0 Å². The molecule has 0 fully saturated rings. The summed E-state index contributed by atoms with van der Waals surface area (Å²) < 4.78 is 0. The number of rotatable bonds is 1. The van der Waals surface area contributed by atoms with Gasteiger partial charge in [0.1, 0.15) is 5.60 Å². The molecule has 0 rings (SSSR count). The molecule has 0 saturated carbocycles. The minimum absolute atomic E-state index is 0.0528. The largest absolute Gasteiger partial charge is 0.395 e. The van der Waals surface area contributed by atoms with Crippen molar-refractivity contribution in [1.29, 1.82) is 0 Å². The van der Waals surface area contributed by atoms with Gasteiger partial charge in [-0.05, 0) is 25.7 Å². The van der Waals surface area contributed by atoms with Crippen LogP contribution in [0.15, 0.2) is 0 Å². The van der Waals surface area contributed by atoms with Gasteiger partial charge in [-0.25, -0.2) is 0 Å².